The van der Waals surface area contributed by atoms with E-state index in [1.807, 2.05) is 55.6 Å². The number of thioether (sulfide) groups is 1. The zero-order valence-electron chi connectivity index (χ0n) is 17.4. The lowest BCUT2D eigenvalue weighted by Gasteiger charge is -2.14. The van der Waals surface area contributed by atoms with Crippen molar-refractivity contribution in [3.8, 4) is 17.2 Å². The zero-order chi connectivity index (χ0) is 21.6. The summed E-state index contributed by atoms with van der Waals surface area (Å²) in [5.74, 6) is 7.97. The molecule has 7 nitrogen and oxygen atoms in total. The van der Waals surface area contributed by atoms with Crippen molar-refractivity contribution in [2.75, 3.05) is 32.3 Å². The third-order valence-corrected chi connectivity index (χ3v) is 5.36. The van der Waals surface area contributed by atoms with Gasteiger partial charge in [0.1, 0.15) is 12.4 Å². The van der Waals surface area contributed by atoms with Gasteiger partial charge in [0.2, 0.25) is 0 Å². The van der Waals surface area contributed by atoms with Crippen molar-refractivity contribution >= 4 is 30.0 Å². The molecule has 0 aliphatic heterocycles. The maximum Gasteiger partial charge on any atom is 0.161 e. The first-order valence-electron chi connectivity index (χ1n) is 9.44. The average molecular weight is 453 g/mol. The molecule has 2 N–H and O–H groups in total. The van der Waals surface area contributed by atoms with Gasteiger partial charge in [0, 0.05) is 12.0 Å². The SMILES string of the molecule is CCOc1ccccc1OC/C=N\[C@H](CSC)Cc1ccc(OC)c(SOON)c1. The molecule has 0 amide bonds. The Balaban J connectivity index is 1.99. The fourth-order valence-electron chi connectivity index (χ4n) is 2.75. The lowest BCUT2D eigenvalue weighted by Crippen LogP contribution is -2.14. The quantitative estimate of drug-likeness (QED) is 0.196. The van der Waals surface area contributed by atoms with Crippen LogP contribution in [0.15, 0.2) is 52.4 Å². The summed E-state index contributed by atoms with van der Waals surface area (Å²) in [5.41, 5.74) is 1.11. The minimum atomic E-state index is 0.114. The van der Waals surface area contributed by atoms with Crippen molar-refractivity contribution in [1.82, 2.24) is 0 Å². The molecule has 0 radical (unpaired) electrons. The highest BCUT2D eigenvalue weighted by Gasteiger charge is 2.11. The molecule has 9 heteroatoms. The minimum absolute atomic E-state index is 0.114. The van der Waals surface area contributed by atoms with Crippen LogP contribution in [0.4, 0.5) is 0 Å². The fraction of sp³-hybridized carbons (Fsp3) is 0.381. The Hall–Kier alpha value is -1.91. The molecule has 0 saturated carbocycles. The lowest BCUT2D eigenvalue weighted by molar-refractivity contribution is -0.195. The molecule has 0 aliphatic rings. The second-order valence-electron chi connectivity index (χ2n) is 6.07. The van der Waals surface area contributed by atoms with Gasteiger partial charge in [0.25, 0.3) is 0 Å². The number of hydrogen-bond donors (Lipinski definition) is 1. The van der Waals surface area contributed by atoms with E-state index in [0.717, 1.165) is 40.4 Å². The molecule has 1 atom stereocenters. The van der Waals surface area contributed by atoms with E-state index in [4.69, 9.17) is 29.4 Å². The molecular formula is C21H28N2O5S2. The van der Waals surface area contributed by atoms with E-state index < -0.39 is 0 Å². The summed E-state index contributed by atoms with van der Waals surface area (Å²) in [6.07, 6.45) is 4.65. The van der Waals surface area contributed by atoms with Crippen molar-refractivity contribution in [1.29, 1.82) is 0 Å². The van der Waals surface area contributed by atoms with Crippen molar-refractivity contribution in [3.05, 3.63) is 48.0 Å². The Morgan fingerprint density at radius 1 is 1.10 bits per heavy atom. The average Bonchev–Trinajstić information content (AvgIpc) is 2.76. The zero-order valence-corrected chi connectivity index (χ0v) is 19.0. The summed E-state index contributed by atoms with van der Waals surface area (Å²) >= 11 is 2.76. The second kappa shape index (κ2) is 14.2. The third kappa shape index (κ3) is 8.08. The molecule has 0 saturated heterocycles. The lowest BCUT2D eigenvalue weighted by atomic mass is 10.1. The highest BCUT2D eigenvalue weighted by atomic mass is 32.2. The van der Waals surface area contributed by atoms with Crippen molar-refractivity contribution < 1.29 is 23.5 Å². The molecule has 0 fully saturated rings. The largest absolute Gasteiger partial charge is 0.495 e. The topological polar surface area (TPSA) is 84.5 Å². The summed E-state index contributed by atoms with van der Waals surface area (Å²) in [5, 5.41) is 0. The van der Waals surface area contributed by atoms with Crippen molar-refractivity contribution in [3.63, 3.8) is 0 Å². The van der Waals surface area contributed by atoms with Gasteiger partial charge < -0.3 is 14.2 Å². The maximum absolute atomic E-state index is 5.82. The Labute approximate surface area is 186 Å². The van der Waals surface area contributed by atoms with Crippen LogP contribution in [0.2, 0.25) is 0 Å². The first-order valence-corrected chi connectivity index (χ1v) is 11.6. The smallest absolute Gasteiger partial charge is 0.161 e. The monoisotopic (exact) mass is 452 g/mol. The molecule has 2 aromatic carbocycles. The number of ether oxygens (including phenoxy) is 3. The summed E-state index contributed by atoms with van der Waals surface area (Å²) in [7, 11) is 1.60. The van der Waals surface area contributed by atoms with Gasteiger partial charge in [0.15, 0.2) is 11.5 Å². The van der Waals surface area contributed by atoms with Crippen LogP contribution in [-0.2, 0) is 15.7 Å². The second-order valence-corrected chi connectivity index (χ2v) is 7.72. The van der Waals surface area contributed by atoms with Crippen LogP contribution in [0.5, 0.6) is 17.2 Å². The van der Waals surface area contributed by atoms with E-state index in [9.17, 15) is 0 Å². The van der Waals surface area contributed by atoms with Gasteiger partial charge in [-0.25, -0.2) is 0 Å². The highest BCUT2D eigenvalue weighted by Crippen LogP contribution is 2.31. The molecule has 30 heavy (non-hydrogen) atoms. The van der Waals surface area contributed by atoms with E-state index in [1.165, 1.54) is 0 Å². The Morgan fingerprint density at radius 3 is 2.53 bits per heavy atom. The minimum Gasteiger partial charge on any atom is -0.495 e. The van der Waals surface area contributed by atoms with E-state index in [1.54, 1.807) is 18.9 Å². The summed E-state index contributed by atoms with van der Waals surface area (Å²) < 4.78 is 21.5. The van der Waals surface area contributed by atoms with E-state index in [0.29, 0.717) is 24.7 Å². The Kier molecular flexibility index (Phi) is 11.5. The van der Waals surface area contributed by atoms with Gasteiger partial charge in [0.05, 0.1) is 36.7 Å². The summed E-state index contributed by atoms with van der Waals surface area (Å²) in [4.78, 5) is 9.68. The van der Waals surface area contributed by atoms with Gasteiger partial charge >= 0.3 is 0 Å². The number of rotatable bonds is 14. The molecule has 0 unspecified atom stereocenters. The number of nitrogens with zero attached hydrogens (tertiary/aromatic N) is 1. The van der Waals surface area contributed by atoms with Gasteiger partial charge in [-0.15, -0.1) is 9.32 Å². The predicted molar refractivity (Wildman–Crippen MR) is 123 cm³/mol. The van der Waals surface area contributed by atoms with Crippen LogP contribution < -0.4 is 20.1 Å². The van der Waals surface area contributed by atoms with E-state index in [-0.39, 0.29) is 6.04 Å². The highest BCUT2D eigenvalue weighted by molar-refractivity contribution is 7.98. The summed E-state index contributed by atoms with van der Waals surface area (Å²) in [6, 6.07) is 13.6. The van der Waals surface area contributed by atoms with Crippen LogP contribution in [0.25, 0.3) is 0 Å². The van der Waals surface area contributed by atoms with Gasteiger partial charge in [-0.1, -0.05) is 18.2 Å². The van der Waals surface area contributed by atoms with E-state index in [2.05, 4.69) is 11.2 Å². The Bertz CT molecular complexity index is 792. The number of benzene rings is 2. The first kappa shape index (κ1) is 24.4. The molecule has 0 spiro atoms. The first-order chi connectivity index (χ1) is 14.7. The molecule has 0 aliphatic carbocycles. The molecule has 0 aromatic heterocycles. The molecule has 2 rings (SSSR count). The molecule has 2 aromatic rings. The van der Waals surface area contributed by atoms with Crippen LogP contribution in [0.3, 0.4) is 0 Å². The van der Waals surface area contributed by atoms with Crippen LogP contribution >= 0.6 is 23.8 Å². The van der Waals surface area contributed by atoms with Crippen LogP contribution in [0, 0.1) is 0 Å². The van der Waals surface area contributed by atoms with Gasteiger partial charge in [-0.2, -0.15) is 17.7 Å². The molecule has 0 heterocycles. The maximum atomic E-state index is 5.82. The van der Waals surface area contributed by atoms with Gasteiger partial charge in [-0.05, 0) is 49.4 Å². The fourth-order valence-corrected chi connectivity index (χ4v) is 3.89. The standard InChI is InChI=1S/C21H28N2O5S2/c1-4-25-18-7-5-6-8-19(18)26-12-11-23-17(15-29-3)13-16-9-10-20(24-2)21(14-16)30-28-27-22/h5-11,14,17H,4,12-13,15,22H2,1-3H3/b23-11-/t17-/m0/s1. The number of nitrogens with two attached hydrogens (primary N) is 1. The van der Waals surface area contributed by atoms with Crippen LogP contribution in [-0.4, -0.2) is 44.6 Å². The Morgan fingerprint density at radius 2 is 1.87 bits per heavy atom. The predicted octanol–water partition coefficient (Wildman–Crippen LogP) is 4.35. The number of hydrogen-bond acceptors (Lipinski definition) is 9. The number of para-hydroxylation sites is 2. The summed E-state index contributed by atoms with van der Waals surface area (Å²) in [6.45, 7) is 2.92. The molecule has 164 valence electrons. The van der Waals surface area contributed by atoms with Crippen LogP contribution in [0.1, 0.15) is 12.5 Å². The molecular weight excluding hydrogens is 424 g/mol. The van der Waals surface area contributed by atoms with E-state index >= 15 is 0 Å². The third-order valence-electron chi connectivity index (χ3n) is 4.00. The van der Waals surface area contributed by atoms with Crippen molar-refractivity contribution in [2.45, 2.75) is 24.3 Å². The number of aliphatic imine (C=N–C) groups is 1. The number of methoxy groups -OCH3 is 1. The van der Waals surface area contributed by atoms with Crippen molar-refractivity contribution in [2.24, 2.45) is 10.9 Å². The van der Waals surface area contributed by atoms with Gasteiger partial charge in [-0.3, -0.25) is 4.99 Å². The normalized spacial score (nSPS) is 12.1. The molecule has 0 bridgehead atoms.